The van der Waals surface area contributed by atoms with Crippen molar-refractivity contribution in [3.8, 4) is 0 Å². The molecular formula is C18H23NO2. The molecule has 0 radical (unpaired) electrons. The average molecular weight is 285 g/mol. The minimum absolute atomic E-state index is 0.0755. The molecule has 1 heterocycles. The van der Waals surface area contributed by atoms with Gasteiger partial charge < -0.3 is 9.73 Å². The highest BCUT2D eigenvalue weighted by Crippen LogP contribution is 2.28. The Balaban J connectivity index is 1.54. The Kier molecular flexibility index (Phi) is 4.28. The van der Waals surface area contributed by atoms with Crippen LogP contribution in [-0.2, 0) is 4.79 Å². The summed E-state index contributed by atoms with van der Waals surface area (Å²) >= 11 is 0. The molecule has 1 saturated carbocycles. The van der Waals surface area contributed by atoms with Crippen LogP contribution in [-0.4, -0.2) is 5.91 Å². The van der Waals surface area contributed by atoms with Gasteiger partial charge in [-0.05, 0) is 31.4 Å². The van der Waals surface area contributed by atoms with Gasteiger partial charge in [0.1, 0.15) is 11.3 Å². The zero-order valence-corrected chi connectivity index (χ0v) is 12.6. The summed E-state index contributed by atoms with van der Waals surface area (Å²) in [5, 5.41) is 4.13. The Bertz CT molecular complexity index is 577. The minimum atomic E-state index is -0.0755. The number of nitrogens with one attached hydrogen (secondary N) is 1. The van der Waals surface area contributed by atoms with Gasteiger partial charge in [0.25, 0.3) is 0 Å². The molecule has 0 saturated heterocycles. The van der Waals surface area contributed by atoms with Gasteiger partial charge in [0.05, 0.1) is 6.04 Å². The summed E-state index contributed by atoms with van der Waals surface area (Å²) in [6, 6.07) is 9.86. The van der Waals surface area contributed by atoms with Gasteiger partial charge in [0.2, 0.25) is 5.91 Å². The molecule has 1 aromatic carbocycles. The summed E-state index contributed by atoms with van der Waals surface area (Å²) in [5.74, 6) is 1.72. The predicted molar refractivity (Wildman–Crippen MR) is 84.0 cm³/mol. The maximum absolute atomic E-state index is 12.0. The average Bonchev–Trinajstić information content (AvgIpc) is 3.14. The van der Waals surface area contributed by atoms with E-state index in [1.165, 1.54) is 25.7 Å². The second-order valence-corrected chi connectivity index (χ2v) is 6.16. The third-order valence-electron chi connectivity index (χ3n) is 4.50. The fraction of sp³-hybridized carbons (Fsp3) is 0.500. The number of hydrogen-bond acceptors (Lipinski definition) is 2. The van der Waals surface area contributed by atoms with Crippen LogP contribution in [0.1, 0.15) is 57.3 Å². The van der Waals surface area contributed by atoms with Gasteiger partial charge in [0, 0.05) is 11.8 Å². The van der Waals surface area contributed by atoms with E-state index in [9.17, 15) is 4.79 Å². The minimum Gasteiger partial charge on any atom is -0.459 e. The summed E-state index contributed by atoms with van der Waals surface area (Å²) in [7, 11) is 0. The number of hydrogen-bond donors (Lipinski definition) is 1. The topological polar surface area (TPSA) is 42.2 Å². The molecule has 3 nitrogen and oxygen atoms in total. The second kappa shape index (κ2) is 6.33. The van der Waals surface area contributed by atoms with E-state index in [1.807, 2.05) is 37.3 Å². The standard InChI is InChI=1S/C18H23NO2/c1-13(17-12-15-8-4-5-9-16(15)21-17)19-18(20)11-10-14-6-2-3-7-14/h4-5,8-9,12-14H,2-3,6-7,10-11H2,1H3,(H,19,20)/t13-/m0/s1. The normalized spacial score (nSPS) is 17.2. The molecule has 3 rings (SSSR count). The van der Waals surface area contributed by atoms with Gasteiger partial charge in [0.15, 0.2) is 0 Å². The van der Waals surface area contributed by atoms with Crippen LogP contribution >= 0.6 is 0 Å². The lowest BCUT2D eigenvalue weighted by atomic mass is 10.0. The van der Waals surface area contributed by atoms with Crippen molar-refractivity contribution < 1.29 is 9.21 Å². The van der Waals surface area contributed by atoms with Crippen LogP contribution in [0.5, 0.6) is 0 Å². The molecule has 0 aliphatic heterocycles. The molecule has 1 aromatic heterocycles. The molecular weight excluding hydrogens is 262 g/mol. The van der Waals surface area contributed by atoms with Gasteiger partial charge >= 0.3 is 0 Å². The highest BCUT2D eigenvalue weighted by molar-refractivity contribution is 5.79. The van der Waals surface area contributed by atoms with E-state index in [-0.39, 0.29) is 11.9 Å². The second-order valence-electron chi connectivity index (χ2n) is 6.16. The fourth-order valence-corrected chi connectivity index (χ4v) is 3.23. The number of benzene rings is 1. The SMILES string of the molecule is C[C@H](NC(=O)CCC1CCCC1)c1cc2ccccc2o1. The van der Waals surface area contributed by atoms with E-state index in [1.54, 1.807) is 0 Å². The van der Waals surface area contributed by atoms with Crippen LogP contribution in [0.3, 0.4) is 0 Å². The van der Waals surface area contributed by atoms with Crippen LogP contribution in [0.25, 0.3) is 11.0 Å². The van der Waals surface area contributed by atoms with E-state index in [0.29, 0.717) is 6.42 Å². The summed E-state index contributed by atoms with van der Waals surface area (Å²) in [5.41, 5.74) is 0.875. The molecule has 1 atom stereocenters. The Morgan fingerprint density at radius 2 is 2.10 bits per heavy atom. The number of fused-ring (bicyclic) bond motifs is 1. The molecule has 0 spiro atoms. The zero-order valence-electron chi connectivity index (χ0n) is 12.6. The first kappa shape index (κ1) is 14.2. The van der Waals surface area contributed by atoms with Crippen molar-refractivity contribution >= 4 is 16.9 Å². The van der Waals surface area contributed by atoms with Crippen molar-refractivity contribution in [3.05, 3.63) is 36.1 Å². The number of carbonyl (C=O) groups is 1. The number of para-hydroxylation sites is 1. The van der Waals surface area contributed by atoms with Crippen LogP contribution in [0, 0.1) is 5.92 Å². The summed E-state index contributed by atoms with van der Waals surface area (Å²) in [4.78, 5) is 12.0. The largest absolute Gasteiger partial charge is 0.459 e. The monoisotopic (exact) mass is 285 g/mol. The van der Waals surface area contributed by atoms with Crippen molar-refractivity contribution in [3.63, 3.8) is 0 Å². The van der Waals surface area contributed by atoms with Crippen molar-refractivity contribution in [2.24, 2.45) is 5.92 Å². The highest BCUT2D eigenvalue weighted by Gasteiger charge is 2.18. The molecule has 3 heteroatoms. The Morgan fingerprint density at radius 1 is 1.33 bits per heavy atom. The summed E-state index contributed by atoms with van der Waals surface area (Å²) in [6.07, 6.45) is 6.93. The van der Waals surface area contributed by atoms with E-state index >= 15 is 0 Å². The summed E-state index contributed by atoms with van der Waals surface area (Å²) < 4.78 is 5.79. The molecule has 1 N–H and O–H groups in total. The van der Waals surface area contributed by atoms with Crippen LogP contribution in [0.2, 0.25) is 0 Å². The lowest BCUT2D eigenvalue weighted by Crippen LogP contribution is -2.26. The molecule has 0 unspecified atom stereocenters. The van der Waals surface area contributed by atoms with Crippen molar-refractivity contribution in [1.29, 1.82) is 0 Å². The van der Waals surface area contributed by atoms with Crippen LogP contribution in [0.15, 0.2) is 34.7 Å². The van der Waals surface area contributed by atoms with E-state index in [0.717, 1.165) is 29.1 Å². The number of amides is 1. The van der Waals surface area contributed by atoms with Crippen molar-refractivity contribution in [2.75, 3.05) is 0 Å². The van der Waals surface area contributed by atoms with Gasteiger partial charge in [-0.15, -0.1) is 0 Å². The maximum atomic E-state index is 12.0. The first-order valence-electron chi connectivity index (χ1n) is 8.00. The third-order valence-corrected chi connectivity index (χ3v) is 4.50. The molecule has 1 fully saturated rings. The maximum Gasteiger partial charge on any atom is 0.220 e. The number of rotatable bonds is 5. The molecule has 1 aliphatic carbocycles. The van der Waals surface area contributed by atoms with Gasteiger partial charge in [-0.25, -0.2) is 0 Å². The number of furan rings is 1. The Morgan fingerprint density at radius 3 is 2.86 bits per heavy atom. The zero-order chi connectivity index (χ0) is 14.7. The molecule has 112 valence electrons. The van der Waals surface area contributed by atoms with E-state index in [4.69, 9.17) is 4.42 Å². The highest BCUT2D eigenvalue weighted by atomic mass is 16.3. The Labute approximate surface area is 125 Å². The summed E-state index contributed by atoms with van der Waals surface area (Å²) in [6.45, 7) is 1.98. The van der Waals surface area contributed by atoms with Crippen molar-refractivity contribution in [1.82, 2.24) is 5.32 Å². The quantitative estimate of drug-likeness (QED) is 0.873. The van der Waals surface area contributed by atoms with Gasteiger partial charge in [-0.2, -0.15) is 0 Å². The smallest absolute Gasteiger partial charge is 0.220 e. The third kappa shape index (κ3) is 3.46. The van der Waals surface area contributed by atoms with E-state index in [2.05, 4.69) is 5.32 Å². The van der Waals surface area contributed by atoms with Crippen LogP contribution in [0.4, 0.5) is 0 Å². The Hall–Kier alpha value is -1.77. The lowest BCUT2D eigenvalue weighted by molar-refractivity contribution is -0.122. The van der Waals surface area contributed by atoms with Gasteiger partial charge in [-0.1, -0.05) is 43.9 Å². The molecule has 2 aromatic rings. The molecule has 1 amide bonds. The lowest BCUT2D eigenvalue weighted by Gasteiger charge is -2.13. The fourth-order valence-electron chi connectivity index (χ4n) is 3.23. The number of carbonyl (C=O) groups excluding carboxylic acids is 1. The first-order valence-corrected chi connectivity index (χ1v) is 8.00. The van der Waals surface area contributed by atoms with Crippen LogP contribution < -0.4 is 5.32 Å². The van der Waals surface area contributed by atoms with Gasteiger partial charge in [-0.3, -0.25) is 4.79 Å². The van der Waals surface area contributed by atoms with E-state index < -0.39 is 0 Å². The molecule has 21 heavy (non-hydrogen) atoms. The van der Waals surface area contributed by atoms with Crippen molar-refractivity contribution in [2.45, 2.75) is 51.5 Å². The molecule has 0 bridgehead atoms. The molecule has 1 aliphatic rings. The predicted octanol–water partition coefficient (Wildman–Crippen LogP) is 4.58. The first-order chi connectivity index (χ1) is 10.2.